The van der Waals surface area contributed by atoms with Crippen LogP contribution in [0, 0.1) is 6.92 Å². The zero-order valence-electron chi connectivity index (χ0n) is 14.4. The SMILES string of the molecule is Cc1nc(N)ccc1CNC(=O)[C@H](C(N)=O)c1cccc2ccccc12. The number of nitrogen functional groups attached to an aromatic ring is 1. The second-order valence-corrected chi connectivity index (χ2v) is 6.10. The predicted octanol–water partition coefficient (Wildman–Crippen LogP) is 2.01. The minimum Gasteiger partial charge on any atom is -0.384 e. The number of aromatic nitrogens is 1. The molecule has 132 valence electrons. The van der Waals surface area contributed by atoms with Gasteiger partial charge in [-0.15, -0.1) is 0 Å². The van der Waals surface area contributed by atoms with E-state index in [1.54, 1.807) is 18.2 Å². The fourth-order valence-corrected chi connectivity index (χ4v) is 3.01. The van der Waals surface area contributed by atoms with Gasteiger partial charge in [-0.1, -0.05) is 48.5 Å². The molecule has 2 amide bonds. The summed E-state index contributed by atoms with van der Waals surface area (Å²) in [7, 11) is 0. The molecule has 26 heavy (non-hydrogen) atoms. The molecule has 5 N–H and O–H groups in total. The summed E-state index contributed by atoms with van der Waals surface area (Å²) in [6, 6.07) is 16.5. The summed E-state index contributed by atoms with van der Waals surface area (Å²) in [5, 5.41) is 4.56. The average Bonchev–Trinajstić information content (AvgIpc) is 2.61. The van der Waals surface area contributed by atoms with Gasteiger partial charge in [-0.3, -0.25) is 9.59 Å². The van der Waals surface area contributed by atoms with Crippen LogP contribution in [0.15, 0.2) is 54.6 Å². The quantitative estimate of drug-likeness (QED) is 0.612. The van der Waals surface area contributed by atoms with Gasteiger partial charge >= 0.3 is 0 Å². The van der Waals surface area contributed by atoms with Gasteiger partial charge in [0, 0.05) is 12.2 Å². The summed E-state index contributed by atoms with van der Waals surface area (Å²) < 4.78 is 0. The first kappa shape index (κ1) is 17.4. The van der Waals surface area contributed by atoms with Crippen molar-refractivity contribution in [1.82, 2.24) is 10.3 Å². The van der Waals surface area contributed by atoms with Crippen molar-refractivity contribution in [2.24, 2.45) is 5.73 Å². The topological polar surface area (TPSA) is 111 Å². The minimum atomic E-state index is -1.07. The van der Waals surface area contributed by atoms with E-state index in [1.807, 2.05) is 43.3 Å². The fourth-order valence-electron chi connectivity index (χ4n) is 3.01. The van der Waals surface area contributed by atoms with Crippen LogP contribution in [-0.2, 0) is 16.1 Å². The Morgan fingerprint density at radius 1 is 1.08 bits per heavy atom. The maximum absolute atomic E-state index is 12.7. The summed E-state index contributed by atoms with van der Waals surface area (Å²) in [5.41, 5.74) is 13.3. The summed E-state index contributed by atoms with van der Waals surface area (Å²) in [6.07, 6.45) is 0. The fraction of sp³-hybridized carbons (Fsp3) is 0.150. The number of carbonyl (C=O) groups excluding carboxylic acids is 2. The molecule has 0 spiro atoms. The highest BCUT2D eigenvalue weighted by molar-refractivity contribution is 6.08. The largest absolute Gasteiger partial charge is 0.384 e. The van der Waals surface area contributed by atoms with Crippen LogP contribution in [-0.4, -0.2) is 16.8 Å². The van der Waals surface area contributed by atoms with Crippen molar-refractivity contribution in [3.05, 3.63) is 71.4 Å². The van der Waals surface area contributed by atoms with Crippen molar-refractivity contribution in [2.75, 3.05) is 5.73 Å². The van der Waals surface area contributed by atoms with Crippen LogP contribution in [0.25, 0.3) is 10.8 Å². The minimum absolute atomic E-state index is 0.243. The van der Waals surface area contributed by atoms with Gasteiger partial charge in [0.2, 0.25) is 11.8 Å². The number of carbonyl (C=O) groups is 2. The second-order valence-electron chi connectivity index (χ2n) is 6.10. The third-order valence-electron chi connectivity index (χ3n) is 4.35. The molecule has 1 atom stereocenters. The highest BCUT2D eigenvalue weighted by Gasteiger charge is 2.27. The number of nitrogens with zero attached hydrogens (tertiary/aromatic N) is 1. The first-order valence-corrected chi connectivity index (χ1v) is 8.24. The summed E-state index contributed by atoms with van der Waals surface area (Å²) in [6.45, 7) is 2.06. The standard InChI is InChI=1S/C20H20N4O2/c1-12-14(9-10-17(21)24-12)11-23-20(26)18(19(22)25)16-8-4-6-13-5-2-3-7-15(13)16/h2-10,18H,11H2,1H3,(H2,21,24)(H2,22,25)(H,23,26)/t18-/m0/s1. The van der Waals surface area contributed by atoms with Gasteiger partial charge in [0.25, 0.3) is 0 Å². The second kappa shape index (κ2) is 7.23. The molecule has 0 saturated heterocycles. The number of pyridine rings is 1. The van der Waals surface area contributed by atoms with E-state index in [2.05, 4.69) is 10.3 Å². The monoisotopic (exact) mass is 348 g/mol. The molecule has 3 rings (SSSR count). The molecule has 0 fully saturated rings. The Morgan fingerprint density at radius 3 is 2.54 bits per heavy atom. The number of benzene rings is 2. The number of fused-ring (bicyclic) bond motifs is 1. The van der Waals surface area contributed by atoms with Gasteiger partial charge in [-0.05, 0) is 34.9 Å². The number of amides is 2. The molecular formula is C20H20N4O2. The number of aryl methyl sites for hydroxylation is 1. The average molecular weight is 348 g/mol. The van der Waals surface area contributed by atoms with Crippen molar-refractivity contribution < 1.29 is 9.59 Å². The van der Waals surface area contributed by atoms with Crippen LogP contribution in [0.3, 0.4) is 0 Å². The van der Waals surface area contributed by atoms with Crippen LogP contribution < -0.4 is 16.8 Å². The maximum Gasteiger partial charge on any atom is 0.237 e. The van der Waals surface area contributed by atoms with E-state index in [1.165, 1.54) is 0 Å². The normalized spacial score (nSPS) is 11.9. The molecule has 0 aliphatic heterocycles. The molecule has 3 aromatic rings. The Morgan fingerprint density at radius 2 is 1.81 bits per heavy atom. The third-order valence-corrected chi connectivity index (χ3v) is 4.35. The van der Waals surface area contributed by atoms with E-state index < -0.39 is 17.7 Å². The van der Waals surface area contributed by atoms with Crippen molar-refractivity contribution >= 4 is 28.4 Å². The van der Waals surface area contributed by atoms with Crippen molar-refractivity contribution in [3.63, 3.8) is 0 Å². The highest BCUT2D eigenvalue weighted by Crippen LogP contribution is 2.26. The Kier molecular flexibility index (Phi) is 4.84. The number of nitrogens with one attached hydrogen (secondary N) is 1. The lowest BCUT2D eigenvalue weighted by Crippen LogP contribution is -2.37. The number of nitrogens with two attached hydrogens (primary N) is 2. The van der Waals surface area contributed by atoms with Gasteiger partial charge in [-0.25, -0.2) is 4.98 Å². The van der Waals surface area contributed by atoms with E-state index in [-0.39, 0.29) is 6.54 Å². The lowest BCUT2D eigenvalue weighted by molar-refractivity contribution is -0.130. The van der Waals surface area contributed by atoms with Crippen molar-refractivity contribution in [2.45, 2.75) is 19.4 Å². The molecule has 0 aliphatic rings. The van der Waals surface area contributed by atoms with Crippen molar-refractivity contribution in [3.8, 4) is 0 Å². The van der Waals surface area contributed by atoms with Crippen LogP contribution in [0.2, 0.25) is 0 Å². The van der Waals surface area contributed by atoms with E-state index in [9.17, 15) is 9.59 Å². The number of hydrogen-bond donors (Lipinski definition) is 3. The number of rotatable bonds is 5. The number of primary amides is 1. The molecule has 0 unspecified atom stereocenters. The van der Waals surface area contributed by atoms with E-state index >= 15 is 0 Å². The molecule has 0 aliphatic carbocycles. The molecule has 6 nitrogen and oxygen atoms in total. The van der Waals surface area contributed by atoms with Crippen LogP contribution >= 0.6 is 0 Å². The smallest absolute Gasteiger partial charge is 0.237 e. The van der Waals surface area contributed by atoms with E-state index in [0.717, 1.165) is 22.0 Å². The number of hydrogen-bond acceptors (Lipinski definition) is 4. The zero-order chi connectivity index (χ0) is 18.7. The molecule has 1 aromatic heterocycles. The van der Waals surface area contributed by atoms with Crippen LogP contribution in [0.4, 0.5) is 5.82 Å². The lowest BCUT2D eigenvalue weighted by Gasteiger charge is -2.17. The summed E-state index contributed by atoms with van der Waals surface area (Å²) in [4.78, 5) is 28.9. The molecular weight excluding hydrogens is 328 g/mol. The Labute approximate surface area is 151 Å². The van der Waals surface area contributed by atoms with Gasteiger partial charge < -0.3 is 16.8 Å². The maximum atomic E-state index is 12.7. The molecule has 1 heterocycles. The molecule has 0 saturated carbocycles. The first-order chi connectivity index (χ1) is 12.5. The highest BCUT2D eigenvalue weighted by atomic mass is 16.2. The molecule has 0 bridgehead atoms. The van der Waals surface area contributed by atoms with E-state index in [4.69, 9.17) is 11.5 Å². The zero-order valence-corrected chi connectivity index (χ0v) is 14.4. The third kappa shape index (κ3) is 3.49. The van der Waals surface area contributed by atoms with Gasteiger partial charge in [-0.2, -0.15) is 0 Å². The molecule has 6 heteroatoms. The Hall–Kier alpha value is -3.41. The Balaban J connectivity index is 1.88. The van der Waals surface area contributed by atoms with Gasteiger partial charge in [0.15, 0.2) is 0 Å². The molecule has 0 radical (unpaired) electrons. The summed E-state index contributed by atoms with van der Waals surface area (Å²) >= 11 is 0. The number of anilines is 1. The molecule has 2 aromatic carbocycles. The van der Waals surface area contributed by atoms with Gasteiger partial charge in [0.1, 0.15) is 11.7 Å². The van der Waals surface area contributed by atoms with Crippen molar-refractivity contribution in [1.29, 1.82) is 0 Å². The lowest BCUT2D eigenvalue weighted by atomic mass is 9.92. The van der Waals surface area contributed by atoms with E-state index in [0.29, 0.717) is 11.4 Å². The predicted molar refractivity (Wildman–Crippen MR) is 101 cm³/mol. The van der Waals surface area contributed by atoms with Crippen LogP contribution in [0.1, 0.15) is 22.7 Å². The van der Waals surface area contributed by atoms with Gasteiger partial charge in [0.05, 0.1) is 0 Å². The summed E-state index contributed by atoms with van der Waals surface area (Å²) in [5.74, 6) is -1.78. The Bertz CT molecular complexity index is 979. The first-order valence-electron chi connectivity index (χ1n) is 8.24. The van der Waals surface area contributed by atoms with Crippen LogP contribution in [0.5, 0.6) is 0 Å².